The number of nitrogens with two attached hydrogens (primary N) is 1. The Labute approximate surface area is 129 Å². The monoisotopic (exact) mass is 303 g/mol. The Morgan fingerprint density at radius 2 is 2.14 bits per heavy atom. The van der Waals surface area contributed by atoms with Crippen molar-refractivity contribution in [3.8, 4) is 5.75 Å². The molecule has 0 spiro atoms. The zero-order valence-corrected chi connectivity index (χ0v) is 12.7. The minimum absolute atomic E-state index is 0.155. The number of ether oxygens (including phenoxy) is 1. The van der Waals surface area contributed by atoms with Crippen LogP contribution in [0.15, 0.2) is 35.9 Å². The van der Waals surface area contributed by atoms with Gasteiger partial charge in [-0.25, -0.2) is 0 Å². The fraction of sp³-hybridized carbons (Fsp3) is 0.375. The number of hydrogen-bond donors (Lipinski definition) is 2. The Kier molecular flexibility index (Phi) is 5.55. The van der Waals surface area contributed by atoms with Gasteiger partial charge in [-0.05, 0) is 18.6 Å². The van der Waals surface area contributed by atoms with Gasteiger partial charge in [-0.2, -0.15) is 0 Å². The molecule has 1 aromatic carbocycles. The van der Waals surface area contributed by atoms with Gasteiger partial charge < -0.3 is 15.8 Å². The zero-order valence-electron chi connectivity index (χ0n) is 12.7. The van der Waals surface area contributed by atoms with Gasteiger partial charge in [0.25, 0.3) is 5.91 Å². The first kappa shape index (κ1) is 16.0. The second-order valence-electron chi connectivity index (χ2n) is 5.20. The van der Waals surface area contributed by atoms with Crippen LogP contribution in [0.1, 0.15) is 16.8 Å². The SMILES string of the molecule is COc1ccccc1C(=O)NCC1=CCN(CC(N)=O)CC1. The number of primary amides is 1. The van der Waals surface area contributed by atoms with Crippen LogP contribution in [0.25, 0.3) is 0 Å². The first-order valence-electron chi connectivity index (χ1n) is 7.20. The molecule has 6 heteroatoms. The summed E-state index contributed by atoms with van der Waals surface area (Å²) in [5.74, 6) is 0.0875. The Morgan fingerprint density at radius 3 is 2.77 bits per heavy atom. The Hall–Kier alpha value is -2.34. The predicted molar refractivity (Wildman–Crippen MR) is 83.7 cm³/mol. The van der Waals surface area contributed by atoms with Gasteiger partial charge in [-0.15, -0.1) is 0 Å². The van der Waals surface area contributed by atoms with E-state index in [1.165, 1.54) is 0 Å². The van der Waals surface area contributed by atoms with Crippen LogP contribution in [0, 0.1) is 0 Å². The maximum absolute atomic E-state index is 12.2. The van der Waals surface area contributed by atoms with Gasteiger partial charge in [0.1, 0.15) is 5.75 Å². The van der Waals surface area contributed by atoms with E-state index in [1.807, 2.05) is 17.0 Å². The lowest BCUT2D eigenvalue weighted by Crippen LogP contribution is -2.38. The molecule has 0 fully saturated rings. The quantitative estimate of drug-likeness (QED) is 0.751. The van der Waals surface area contributed by atoms with E-state index in [0.29, 0.717) is 24.4 Å². The number of rotatable bonds is 6. The average molecular weight is 303 g/mol. The molecule has 0 radical (unpaired) electrons. The van der Waals surface area contributed by atoms with Crippen LogP contribution < -0.4 is 15.8 Å². The van der Waals surface area contributed by atoms with Gasteiger partial charge in [0, 0.05) is 19.6 Å². The number of nitrogens with zero attached hydrogens (tertiary/aromatic N) is 1. The molecule has 1 heterocycles. The van der Waals surface area contributed by atoms with E-state index in [0.717, 1.165) is 18.5 Å². The number of nitrogens with one attached hydrogen (secondary N) is 1. The number of para-hydroxylation sites is 1. The summed E-state index contributed by atoms with van der Waals surface area (Å²) >= 11 is 0. The van der Waals surface area contributed by atoms with Crippen LogP contribution in [-0.2, 0) is 4.79 Å². The summed E-state index contributed by atoms with van der Waals surface area (Å²) in [7, 11) is 1.54. The smallest absolute Gasteiger partial charge is 0.255 e. The van der Waals surface area contributed by atoms with Gasteiger partial charge in [0.15, 0.2) is 0 Å². The lowest BCUT2D eigenvalue weighted by atomic mass is 10.1. The number of carbonyl (C=O) groups is 2. The minimum Gasteiger partial charge on any atom is -0.496 e. The van der Waals surface area contributed by atoms with Crippen LogP contribution in [0.3, 0.4) is 0 Å². The van der Waals surface area contributed by atoms with Crippen molar-refractivity contribution in [2.45, 2.75) is 6.42 Å². The topological polar surface area (TPSA) is 84.7 Å². The highest BCUT2D eigenvalue weighted by Gasteiger charge is 2.15. The molecule has 6 nitrogen and oxygen atoms in total. The van der Waals surface area contributed by atoms with E-state index < -0.39 is 0 Å². The molecule has 0 aromatic heterocycles. The minimum atomic E-state index is -0.318. The Balaban J connectivity index is 1.87. The van der Waals surface area contributed by atoms with E-state index >= 15 is 0 Å². The van der Waals surface area contributed by atoms with Crippen LogP contribution in [0.2, 0.25) is 0 Å². The summed E-state index contributed by atoms with van der Waals surface area (Å²) in [6.45, 7) is 2.24. The van der Waals surface area contributed by atoms with Crippen LogP contribution in [-0.4, -0.2) is 50.0 Å². The van der Waals surface area contributed by atoms with Gasteiger partial charge in [0.2, 0.25) is 5.91 Å². The molecule has 1 aromatic rings. The normalized spacial score (nSPS) is 15.0. The lowest BCUT2D eigenvalue weighted by Gasteiger charge is -2.25. The van der Waals surface area contributed by atoms with E-state index in [4.69, 9.17) is 10.5 Å². The van der Waals surface area contributed by atoms with Crippen molar-refractivity contribution in [3.63, 3.8) is 0 Å². The Bertz CT molecular complexity index is 584. The molecule has 1 aliphatic heterocycles. The molecule has 118 valence electrons. The second-order valence-corrected chi connectivity index (χ2v) is 5.20. The lowest BCUT2D eigenvalue weighted by molar-refractivity contribution is -0.119. The van der Waals surface area contributed by atoms with Gasteiger partial charge in [-0.3, -0.25) is 14.5 Å². The van der Waals surface area contributed by atoms with Gasteiger partial charge in [-0.1, -0.05) is 23.8 Å². The summed E-state index contributed by atoms with van der Waals surface area (Å²) in [5, 5.41) is 2.90. The maximum atomic E-state index is 12.2. The first-order valence-corrected chi connectivity index (χ1v) is 7.20. The van der Waals surface area contributed by atoms with E-state index in [2.05, 4.69) is 5.32 Å². The molecule has 2 amide bonds. The number of methoxy groups -OCH3 is 1. The molecule has 0 unspecified atom stereocenters. The van der Waals surface area contributed by atoms with Crippen molar-refractivity contribution >= 4 is 11.8 Å². The van der Waals surface area contributed by atoms with E-state index in [1.54, 1.807) is 25.3 Å². The number of amides is 2. The molecule has 0 saturated carbocycles. The molecule has 2 rings (SSSR count). The summed E-state index contributed by atoms with van der Waals surface area (Å²) < 4.78 is 5.18. The first-order chi connectivity index (χ1) is 10.6. The maximum Gasteiger partial charge on any atom is 0.255 e. The summed E-state index contributed by atoms with van der Waals surface area (Å²) in [4.78, 5) is 25.0. The fourth-order valence-electron chi connectivity index (χ4n) is 2.40. The van der Waals surface area contributed by atoms with Crippen molar-refractivity contribution in [2.24, 2.45) is 5.73 Å². The highest BCUT2D eigenvalue weighted by Crippen LogP contribution is 2.17. The molecule has 0 bridgehead atoms. The largest absolute Gasteiger partial charge is 0.496 e. The van der Waals surface area contributed by atoms with Crippen LogP contribution in [0.5, 0.6) is 5.75 Å². The Morgan fingerprint density at radius 1 is 1.36 bits per heavy atom. The average Bonchev–Trinajstić information content (AvgIpc) is 2.53. The number of carbonyl (C=O) groups excluding carboxylic acids is 2. The third kappa shape index (κ3) is 4.33. The van der Waals surface area contributed by atoms with Crippen molar-refractivity contribution in [2.75, 3.05) is 33.3 Å². The molecule has 0 saturated heterocycles. The summed E-state index contributed by atoms with van der Waals surface area (Å²) in [6, 6.07) is 7.13. The van der Waals surface area contributed by atoms with E-state index in [9.17, 15) is 9.59 Å². The van der Waals surface area contributed by atoms with E-state index in [-0.39, 0.29) is 18.4 Å². The standard InChI is InChI=1S/C16H21N3O3/c1-22-14-5-3-2-4-13(14)16(21)18-10-12-6-8-19(9-7-12)11-15(17)20/h2-6H,7-11H2,1H3,(H2,17,20)(H,18,21). The highest BCUT2D eigenvalue weighted by molar-refractivity contribution is 5.97. The van der Waals surface area contributed by atoms with Crippen molar-refractivity contribution in [3.05, 3.63) is 41.5 Å². The molecule has 22 heavy (non-hydrogen) atoms. The van der Waals surface area contributed by atoms with Gasteiger partial charge >= 0.3 is 0 Å². The third-order valence-corrected chi connectivity index (χ3v) is 3.59. The van der Waals surface area contributed by atoms with Gasteiger partial charge in [0.05, 0.1) is 19.2 Å². The van der Waals surface area contributed by atoms with Crippen LogP contribution in [0.4, 0.5) is 0 Å². The second kappa shape index (κ2) is 7.61. The molecular weight excluding hydrogens is 282 g/mol. The summed E-state index contributed by atoms with van der Waals surface area (Å²) in [6.07, 6.45) is 2.86. The highest BCUT2D eigenvalue weighted by atomic mass is 16.5. The molecule has 3 N–H and O–H groups in total. The number of benzene rings is 1. The third-order valence-electron chi connectivity index (χ3n) is 3.59. The van der Waals surface area contributed by atoms with Crippen LogP contribution >= 0.6 is 0 Å². The van der Waals surface area contributed by atoms with Crippen molar-refractivity contribution < 1.29 is 14.3 Å². The predicted octanol–water partition coefficient (Wildman–Crippen LogP) is 0.542. The van der Waals surface area contributed by atoms with Crippen molar-refractivity contribution in [1.82, 2.24) is 10.2 Å². The zero-order chi connectivity index (χ0) is 15.9. The molecule has 1 aliphatic rings. The molecule has 0 aliphatic carbocycles. The van der Waals surface area contributed by atoms with Crippen molar-refractivity contribution in [1.29, 1.82) is 0 Å². The number of hydrogen-bond acceptors (Lipinski definition) is 4. The molecular formula is C16H21N3O3. The fourth-order valence-corrected chi connectivity index (χ4v) is 2.40. The summed E-state index contributed by atoms with van der Waals surface area (Å²) in [5.41, 5.74) is 6.86. The molecule has 0 atom stereocenters.